The monoisotopic (exact) mass is 256 g/mol. The summed E-state index contributed by atoms with van der Waals surface area (Å²) in [5, 5.41) is 0. The zero-order valence-corrected chi connectivity index (χ0v) is 10.8. The van der Waals surface area contributed by atoms with Gasteiger partial charge in [0, 0.05) is 24.7 Å². The predicted octanol–water partition coefficient (Wildman–Crippen LogP) is 2.78. The van der Waals surface area contributed by atoms with Crippen LogP contribution < -0.4 is 0 Å². The molecule has 1 aromatic heterocycles. The molecule has 0 bridgehead atoms. The van der Waals surface area contributed by atoms with Crippen molar-refractivity contribution in [2.75, 3.05) is 7.05 Å². The number of halogens is 1. The predicted molar refractivity (Wildman–Crippen MR) is 70.2 cm³/mol. The minimum Gasteiger partial charge on any atom is -0.337 e. The van der Waals surface area contributed by atoms with Crippen molar-refractivity contribution in [2.24, 2.45) is 0 Å². The van der Waals surface area contributed by atoms with Gasteiger partial charge in [0.05, 0.1) is 11.4 Å². The molecule has 1 aromatic carbocycles. The van der Waals surface area contributed by atoms with E-state index >= 15 is 0 Å². The second-order valence-corrected chi connectivity index (χ2v) is 4.80. The highest BCUT2D eigenvalue weighted by atomic mass is 19.1. The number of hydrogen-bond acceptors (Lipinski definition) is 2. The molecule has 3 nitrogen and oxygen atoms in total. The standard InChI is InChI=1S/C15H13FN2O/c1-9-13(16)5-6-14(17-9)10-3-4-12-11(7-10)8-18(2)15(12)19/h3-7H,8H2,1-2H3. The number of benzene rings is 1. The number of aromatic nitrogens is 1. The molecule has 2 aromatic rings. The van der Waals surface area contributed by atoms with E-state index in [0.29, 0.717) is 12.2 Å². The Morgan fingerprint density at radius 2 is 2.05 bits per heavy atom. The maximum atomic E-state index is 13.2. The molecule has 0 saturated heterocycles. The molecule has 3 rings (SSSR count). The van der Waals surface area contributed by atoms with Gasteiger partial charge in [0.2, 0.25) is 0 Å². The Kier molecular flexibility index (Phi) is 2.59. The SMILES string of the molecule is Cc1nc(-c2ccc3c(c2)CN(C)C3=O)ccc1F. The topological polar surface area (TPSA) is 33.2 Å². The number of carbonyl (C=O) groups is 1. The molecule has 1 amide bonds. The van der Waals surface area contributed by atoms with Crippen molar-refractivity contribution in [1.29, 1.82) is 0 Å². The van der Waals surface area contributed by atoms with Gasteiger partial charge in [-0.3, -0.25) is 9.78 Å². The minimum absolute atomic E-state index is 0.0461. The Hall–Kier alpha value is -2.23. The van der Waals surface area contributed by atoms with E-state index in [1.165, 1.54) is 6.07 Å². The lowest BCUT2D eigenvalue weighted by Crippen LogP contribution is -2.17. The lowest BCUT2D eigenvalue weighted by Gasteiger charge is -2.05. The van der Waals surface area contributed by atoms with Crippen molar-refractivity contribution >= 4 is 5.91 Å². The minimum atomic E-state index is -0.306. The summed E-state index contributed by atoms with van der Waals surface area (Å²) in [4.78, 5) is 17.7. The molecule has 19 heavy (non-hydrogen) atoms. The molecule has 0 spiro atoms. The van der Waals surface area contributed by atoms with Gasteiger partial charge in [-0.1, -0.05) is 6.07 Å². The fourth-order valence-corrected chi connectivity index (χ4v) is 2.33. The van der Waals surface area contributed by atoms with Crippen LogP contribution in [0.5, 0.6) is 0 Å². The number of carbonyl (C=O) groups excluding carboxylic acids is 1. The molecule has 0 saturated carbocycles. The summed E-state index contributed by atoms with van der Waals surface area (Å²) in [5.74, 6) is -0.260. The Bertz CT molecular complexity index is 682. The molecule has 4 heteroatoms. The first-order chi connectivity index (χ1) is 9.06. The third-order valence-corrected chi connectivity index (χ3v) is 3.41. The molecule has 96 valence electrons. The van der Waals surface area contributed by atoms with Crippen molar-refractivity contribution in [3.8, 4) is 11.3 Å². The molecule has 0 fully saturated rings. The largest absolute Gasteiger partial charge is 0.337 e. The average Bonchev–Trinajstić information content (AvgIpc) is 2.68. The van der Waals surface area contributed by atoms with E-state index in [9.17, 15) is 9.18 Å². The van der Waals surface area contributed by atoms with E-state index in [4.69, 9.17) is 0 Å². The van der Waals surface area contributed by atoms with Crippen LogP contribution in [0.4, 0.5) is 4.39 Å². The molecular formula is C15H13FN2O. The second kappa shape index (κ2) is 4.16. The number of nitrogens with zero attached hydrogens (tertiary/aromatic N) is 2. The fourth-order valence-electron chi connectivity index (χ4n) is 2.33. The maximum Gasteiger partial charge on any atom is 0.254 e. The molecule has 0 radical (unpaired) electrons. The normalized spacial score (nSPS) is 13.8. The van der Waals surface area contributed by atoms with Crippen molar-refractivity contribution in [2.45, 2.75) is 13.5 Å². The van der Waals surface area contributed by atoms with Gasteiger partial charge in [-0.05, 0) is 36.8 Å². The van der Waals surface area contributed by atoms with E-state index < -0.39 is 0 Å². The van der Waals surface area contributed by atoms with E-state index in [-0.39, 0.29) is 11.7 Å². The summed E-state index contributed by atoms with van der Waals surface area (Å²) >= 11 is 0. The first-order valence-electron chi connectivity index (χ1n) is 6.08. The van der Waals surface area contributed by atoms with Crippen molar-refractivity contribution in [1.82, 2.24) is 9.88 Å². The first kappa shape index (κ1) is 11.8. The second-order valence-electron chi connectivity index (χ2n) is 4.80. The summed E-state index contributed by atoms with van der Waals surface area (Å²) in [6, 6.07) is 8.70. The first-order valence-corrected chi connectivity index (χ1v) is 6.08. The van der Waals surface area contributed by atoms with Gasteiger partial charge in [0.15, 0.2) is 0 Å². The highest BCUT2D eigenvalue weighted by Gasteiger charge is 2.24. The maximum absolute atomic E-state index is 13.2. The highest BCUT2D eigenvalue weighted by molar-refractivity contribution is 5.98. The van der Waals surface area contributed by atoms with Crippen LogP contribution in [0.2, 0.25) is 0 Å². The molecule has 2 heterocycles. The average molecular weight is 256 g/mol. The van der Waals surface area contributed by atoms with Gasteiger partial charge < -0.3 is 4.90 Å². The molecule has 1 aliphatic heterocycles. The van der Waals surface area contributed by atoms with Gasteiger partial charge in [0.25, 0.3) is 5.91 Å². The van der Waals surface area contributed by atoms with Crippen molar-refractivity contribution < 1.29 is 9.18 Å². The molecule has 0 aliphatic carbocycles. The van der Waals surface area contributed by atoms with Crippen LogP contribution in [0.3, 0.4) is 0 Å². The van der Waals surface area contributed by atoms with Crippen LogP contribution in [0.15, 0.2) is 30.3 Å². The fraction of sp³-hybridized carbons (Fsp3) is 0.200. The zero-order chi connectivity index (χ0) is 13.6. The van der Waals surface area contributed by atoms with E-state index in [0.717, 1.165) is 22.4 Å². The van der Waals surface area contributed by atoms with E-state index in [1.54, 1.807) is 24.9 Å². The van der Waals surface area contributed by atoms with Gasteiger partial charge in [-0.25, -0.2) is 4.39 Å². The summed E-state index contributed by atoms with van der Waals surface area (Å²) in [5.41, 5.74) is 3.75. The zero-order valence-electron chi connectivity index (χ0n) is 10.8. The summed E-state index contributed by atoms with van der Waals surface area (Å²) in [7, 11) is 1.78. The number of aryl methyl sites for hydroxylation is 1. The number of rotatable bonds is 1. The van der Waals surface area contributed by atoms with E-state index in [2.05, 4.69) is 4.98 Å². The van der Waals surface area contributed by atoms with Crippen LogP contribution in [-0.4, -0.2) is 22.8 Å². The Morgan fingerprint density at radius 1 is 1.26 bits per heavy atom. The van der Waals surface area contributed by atoms with Crippen LogP contribution in [0.1, 0.15) is 21.6 Å². The molecule has 0 atom stereocenters. The van der Waals surface area contributed by atoms with Gasteiger partial charge >= 0.3 is 0 Å². The van der Waals surface area contributed by atoms with E-state index in [1.807, 2.05) is 18.2 Å². The third kappa shape index (κ3) is 1.89. The number of hydrogen-bond donors (Lipinski definition) is 0. The van der Waals surface area contributed by atoms with Gasteiger partial charge in [0.1, 0.15) is 5.82 Å². The highest BCUT2D eigenvalue weighted by Crippen LogP contribution is 2.27. The summed E-state index contributed by atoms with van der Waals surface area (Å²) in [6.45, 7) is 2.26. The van der Waals surface area contributed by atoms with Crippen molar-refractivity contribution in [3.05, 3.63) is 53.0 Å². The Labute approximate surface area is 110 Å². The number of amides is 1. The van der Waals surface area contributed by atoms with Crippen molar-refractivity contribution in [3.63, 3.8) is 0 Å². The summed E-state index contributed by atoms with van der Waals surface area (Å²) < 4.78 is 13.2. The Balaban J connectivity index is 2.06. The third-order valence-electron chi connectivity index (χ3n) is 3.41. The Morgan fingerprint density at radius 3 is 2.79 bits per heavy atom. The smallest absolute Gasteiger partial charge is 0.254 e. The molecule has 0 N–H and O–H groups in total. The molecular weight excluding hydrogens is 243 g/mol. The molecule has 1 aliphatic rings. The van der Waals surface area contributed by atoms with Gasteiger partial charge in [-0.15, -0.1) is 0 Å². The number of fused-ring (bicyclic) bond motifs is 1. The number of pyridine rings is 1. The summed E-state index contributed by atoms with van der Waals surface area (Å²) in [6.07, 6.45) is 0. The van der Waals surface area contributed by atoms with Crippen LogP contribution >= 0.6 is 0 Å². The van der Waals surface area contributed by atoms with Gasteiger partial charge in [-0.2, -0.15) is 0 Å². The van der Waals surface area contributed by atoms with Crippen LogP contribution in [-0.2, 0) is 6.54 Å². The quantitative estimate of drug-likeness (QED) is 0.786. The lowest BCUT2D eigenvalue weighted by molar-refractivity contribution is 0.0816. The molecule has 0 unspecified atom stereocenters. The lowest BCUT2D eigenvalue weighted by atomic mass is 10.0. The van der Waals surface area contributed by atoms with Crippen LogP contribution in [0, 0.1) is 12.7 Å². The van der Waals surface area contributed by atoms with Crippen LogP contribution in [0.25, 0.3) is 11.3 Å².